The average molecular weight is 515 g/mol. The lowest BCUT2D eigenvalue weighted by Crippen LogP contribution is -2.69. The number of cyclic esters (lactones) is 1. The zero-order valence-electron chi connectivity index (χ0n) is 22.6. The van der Waals surface area contributed by atoms with Crippen LogP contribution in [0.25, 0.3) is 0 Å². The van der Waals surface area contributed by atoms with Crippen LogP contribution in [-0.2, 0) is 33.4 Å². The second-order valence-electron chi connectivity index (χ2n) is 12.7. The lowest BCUT2D eigenvalue weighted by atomic mass is 9.37. The number of esters is 3. The van der Waals surface area contributed by atoms with Gasteiger partial charge < -0.3 is 18.6 Å². The molecule has 0 radical (unpaired) electrons. The molecule has 202 valence electrons. The van der Waals surface area contributed by atoms with Crippen molar-refractivity contribution in [2.24, 2.45) is 45.8 Å². The molecule has 2 heterocycles. The van der Waals surface area contributed by atoms with Crippen molar-refractivity contribution in [2.75, 3.05) is 7.11 Å². The predicted octanol–water partition coefficient (Wildman–Crippen LogP) is 4.66. The highest BCUT2D eigenvalue weighted by atomic mass is 16.6. The van der Waals surface area contributed by atoms with Crippen LogP contribution < -0.4 is 0 Å². The Morgan fingerprint density at radius 2 is 1.86 bits per heavy atom. The van der Waals surface area contributed by atoms with Crippen molar-refractivity contribution >= 4 is 23.7 Å². The first-order chi connectivity index (χ1) is 17.4. The number of hydrogen-bond acceptors (Lipinski definition) is 8. The fraction of sp³-hybridized carbons (Fsp3) is 0.724. The number of ether oxygens (including phenoxy) is 3. The van der Waals surface area contributed by atoms with Gasteiger partial charge in [-0.3, -0.25) is 19.2 Å². The molecule has 37 heavy (non-hydrogen) atoms. The van der Waals surface area contributed by atoms with Crippen molar-refractivity contribution in [3.8, 4) is 0 Å². The van der Waals surface area contributed by atoms with Crippen molar-refractivity contribution in [3.63, 3.8) is 0 Å². The van der Waals surface area contributed by atoms with Crippen LogP contribution in [0.2, 0.25) is 0 Å². The summed E-state index contributed by atoms with van der Waals surface area (Å²) >= 11 is 0. The summed E-state index contributed by atoms with van der Waals surface area (Å²) in [6, 6.07) is 1.85. The standard InChI is InChI=1S/C29H38O8/c1-15(30)36-26-18-11-17-19(29(5,24(18)33)21(27(26,2)3)13-22(31)34-6)7-9-28(4)20(17)12-23(32)37-25(28)16-8-10-35-14-16/h8,10,14,17-21,25-26H,7,9,11-13H2,1-6H3/t17?,18?,19?,20?,21?,25?,26?,28-,29-/m1/s1. The van der Waals surface area contributed by atoms with E-state index in [2.05, 4.69) is 6.92 Å². The molecule has 1 aromatic rings. The molecule has 9 atom stereocenters. The molecule has 5 rings (SSSR count). The number of Topliss-reactive ketones (excluding diaryl/α,β-unsaturated/α-hetero) is 1. The molecule has 8 heteroatoms. The second-order valence-corrected chi connectivity index (χ2v) is 12.7. The molecule has 8 nitrogen and oxygen atoms in total. The zero-order chi connectivity index (χ0) is 26.9. The fourth-order valence-electron chi connectivity index (χ4n) is 9.09. The monoisotopic (exact) mass is 514 g/mol. The van der Waals surface area contributed by atoms with Crippen molar-refractivity contribution < 1.29 is 37.8 Å². The third-order valence-electron chi connectivity index (χ3n) is 10.7. The fourth-order valence-corrected chi connectivity index (χ4v) is 9.09. The average Bonchev–Trinajstić information content (AvgIpc) is 3.36. The van der Waals surface area contributed by atoms with E-state index in [1.165, 1.54) is 14.0 Å². The molecule has 1 aliphatic heterocycles. The lowest BCUT2D eigenvalue weighted by molar-refractivity contribution is -0.231. The minimum absolute atomic E-state index is 0.00238. The SMILES string of the molecule is COC(=O)CC1C(C)(C)C(OC(C)=O)C2CC3C4CC(=O)OC(c5ccoc5)[C@]4(C)CCC3[C@@]1(C)C2=O. The second kappa shape index (κ2) is 8.70. The highest BCUT2D eigenvalue weighted by molar-refractivity contribution is 5.91. The Kier molecular flexibility index (Phi) is 6.11. The first-order valence-electron chi connectivity index (χ1n) is 13.4. The quantitative estimate of drug-likeness (QED) is 0.422. The molecule has 7 unspecified atom stereocenters. The number of methoxy groups -OCH3 is 1. The van der Waals surface area contributed by atoms with Gasteiger partial charge in [0, 0.05) is 41.6 Å². The molecule has 4 aliphatic rings. The number of rotatable bonds is 4. The maximum Gasteiger partial charge on any atom is 0.306 e. The largest absolute Gasteiger partial charge is 0.472 e. The van der Waals surface area contributed by atoms with Crippen LogP contribution in [0, 0.1) is 45.8 Å². The zero-order valence-corrected chi connectivity index (χ0v) is 22.6. The topological polar surface area (TPSA) is 109 Å². The predicted molar refractivity (Wildman–Crippen MR) is 131 cm³/mol. The summed E-state index contributed by atoms with van der Waals surface area (Å²) in [7, 11) is 1.36. The van der Waals surface area contributed by atoms with E-state index in [1.807, 2.05) is 26.8 Å². The molecule has 4 fully saturated rings. The van der Waals surface area contributed by atoms with Crippen molar-refractivity contribution in [2.45, 2.75) is 78.9 Å². The molecule has 3 aliphatic carbocycles. The van der Waals surface area contributed by atoms with Gasteiger partial charge in [0.2, 0.25) is 0 Å². The van der Waals surface area contributed by atoms with Gasteiger partial charge in [-0.25, -0.2) is 0 Å². The number of hydrogen-bond donors (Lipinski definition) is 0. The molecule has 0 N–H and O–H groups in total. The first kappa shape index (κ1) is 26.0. The number of ketones is 1. The summed E-state index contributed by atoms with van der Waals surface area (Å²) in [6.07, 6.45) is 4.63. The summed E-state index contributed by atoms with van der Waals surface area (Å²) in [4.78, 5) is 52.1. The van der Waals surface area contributed by atoms with E-state index in [1.54, 1.807) is 12.5 Å². The molecule has 0 amide bonds. The van der Waals surface area contributed by atoms with Gasteiger partial charge in [0.25, 0.3) is 0 Å². The van der Waals surface area contributed by atoms with Gasteiger partial charge in [0.1, 0.15) is 18.0 Å². The summed E-state index contributed by atoms with van der Waals surface area (Å²) < 4.78 is 22.2. The van der Waals surface area contributed by atoms with E-state index in [4.69, 9.17) is 18.6 Å². The highest BCUT2D eigenvalue weighted by Crippen LogP contribution is 2.70. The number of furan rings is 1. The van der Waals surface area contributed by atoms with Gasteiger partial charge in [-0.05, 0) is 49.0 Å². The van der Waals surface area contributed by atoms with Crippen LogP contribution in [0.1, 0.15) is 78.4 Å². The molecule has 2 bridgehead atoms. The summed E-state index contributed by atoms with van der Waals surface area (Å²) in [5.74, 6) is -1.84. The molecule has 0 aromatic carbocycles. The Morgan fingerprint density at radius 3 is 2.49 bits per heavy atom. The van der Waals surface area contributed by atoms with Crippen molar-refractivity contribution in [3.05, 3.63) is 24.2 Å². The van der Waals surface area contributed by atoms with Crippen LogP contribution in [-0.4, -0.2) is 36.9 Å². The molecule has 1 aromatic heterocycles. The van der Waals surface area contributed by atoms with E-state index in [-0.39, 0.29) is 59.7 Å². The Morgan fingerprint density at radius 1 is 1.14 bits per heavy atom. The number of carbonyl (C=O) groups is 4. The van der Waals surface area contributed by atoms with Gasteiger partial charge >= 0.3 is 17.9 Å². The summed E-state index contributed by atoms with van der Waals surface area (Å²) in [5.41, 5.74) is -0.909. The van der Waals surface area contributed by atoms with E-state index in [0.717, 1.165) is 18.4 Å². The molecule has 1 saturated heterocycles. The minimum Gasteiger partial charge on any atom is -0.472 e. The minimum atomic E-state index is -0.810. The maximum atomic E-state index is 14.3. The van der Waals surface area contributed by atoms with Crippen molar-refractivity contribution in [1.29, 1.82) is 0 Å². The Bertz CT molecular complexity index is 1110. The smallest absolute Gasteiger partial charge is 0.306 e. The first-order valence-corrected chi connectivity index (χ1v) is 13.4. The summed E-state index contributed by atoms with van der Waals surface area (Å²) in [6.45, 7) is 9.57. The number of carbonyl (C=O) groups excluding carboxylic acids is 4. The van der Waals surface area contributed by atoms with Crippen LogP contribution in [0.15, 0.2) is 23.0 Å². The highest BCUT2D eigenvalue weighted by Gasteiger charge is 2.71. The van der Waals surface area contributed by atoms with Crippen LogP contribution >= 0.6 is 0 Å². The third kappa shape index (κ3) is 3.68. The van der Waals surface area contributed by atoms with Gasteiger partial charge in [0.05, 0.1) is 25.6 Å². The van der Waals surface area contributed by atoms with Gasteiger partial charge in [0.15, 0.2) is 0 Å². The molecular weight excluding hydrogens is 476 g/mol. The van der Waals surface area contributed by atoms with E-state index < -0.39 is 34.9 Å². The maximum absolute atomic E-state index is 14.3. The van der Waals surface area contributed by atoms with E-state index in [0.29, 0.717) is 6.42 Å². The normalized spacial score (nSPS) is 42.2. The van der Waals surface area contributed by atoms with Crippen LogP contribution in [0.5, 0.6) is 0 Å². The van der Waals surface area contributed by atoms with E-state index in [9.17, 15) is 19.2 Å². The summed E-state index contributed by atoms with van der Waals surface area (Å²) in [5, 5.41) is 0. The molecule has 3 saturated carbocycles. The Labute approximate surface area is 217 Å². The van der Waals surface area contributed by atoms with Gasteiger partial charge in [-0.1, -0.05) is 27.7 Å². The van der Waals surface area contributed by atoms with Crippen LogP contribution in [0.3, 0.4) is 0 Å². The lowest BCUT2D eigenvalue weighted by Gasteiger charge is -2.66. The molecule has 0 spiro atoms. The third-order valence-corrected chi connectivity index (χ3v) is 10.7. The Balaban J connectivity index is 1.61. The number of fused-ring (bicyclic) bond motifs is 6. The Hall–Kier alpha value is -2.64. The van der Waals surface area contributed by atoms with E-state index >= 15 is 0 Å². The van der Waals surface area contributed by atoms with Crippen molar-refractivity contribution in [1.82, 2.24) is 0 Å². The molecular formula is C29H38O8. The van der Waals surface area contributed by atoms with Gasteiger partial charge in [-0.15, -0.1) is 0 Å². The van der Waals surface area contributed by atoms with Crippen LogP contribution in [0.4, 0.5) is 0 Å². The van der Waals surface area contributed by atoms with Gasteiger partial charge in [-0.2, -0.15) is 0 Å².